The van der Waals surface area contributed by atoms with Crippen LogP contribution in [0, 0.1) is 0 Å². The van der Waals surface area contributed by atoms with Gasteiger partial charge in [-0.1, -0.05) is 18.2 Å². The highest BCUT2D eigenvalue weighted by atomic mass is 16.3. The first-order valence-electron chi connectivity index (χ1n) is 4.49. The lowest BCUT2D eigenvalue weighted by Crippen LogP contribution is -2.10. The lowest BCUT2D eigenvalue weighted by atomic mass is 10.1. The third-order valence-electron chi connectivity index (χ3n) is 2.26. The number of aliphatic hydroxyl groups is 1. The molecule has 0 fully saturated rings. The maximum atomic E-state index is 10.3. The zero-order valence-corrected chi connectivity index (χ0v) is 7.60. The first-order valence-corrected chi connectivity index (χ1v) is 4.49. The first-order chi connectivity index (χ1) is 6.81. The van der Waals surface area contributed by atoms with Gasteiger partial charge in [0.15, 0.2) is 0 Å². The summed E-state index contributed by atoms with van der Waals surface area (Å²) in [7, 11) is 0. The van der Waals surface area contributed by atoms with Crippen molar-refractivity contribution in [3.05, 3.63) is 36.0 Å². The molecule has 0 spiro atoms. The summed E-state index contributed by atoms with van der Waals surface area (Å²) in [6, 6.07) is 7.82. The Hall–Kier alpha value is -1.61. The Kier molecular flexibility index (Phi) is 2.33. The molecule has 1 aromatic heterocycles. The molecule has 3 heteroatoms. The van der Waals surface area contributed by atoms with Crippen molar-refractivity contribution in [3.63, 3.8) is 0 Å². The Labute approximate surface area is 81.4 Å². The van der Waals surface area contributed by atoms with Gasteiger partial charge in [-0.15, -0.1) is 0 Å². The quantitative estimate of drug-likeness (QED) is 0.714. The number of fused-ring (bicyclic) bond motifs is 1. The summed E-state index contributed by atoms with van der Waals surface area (Å²) in [4.78, 5) is 13.4. The van der Waals surface area contributed by atoms with Crippen LogP contribution in [0.15, 0.2) is 30.5 Å². The summed E-state index contributed by atoms with van der Waals surface area (Å²) in [5, 5.41) is 10.3. The van der Waals surface area contributed by atoms with Crippen molar-refractivity contribution >= 4 is 17.2 Å². The van der Waals surface area contributed by atoms with E-state index in [4.69, 9.17) is 0 Å². The molecule has 2 rings (SSSR count). The lowest BCUT2D eigenvalue weighted by molar-refractivity contribution is -0.114. The number of carbonyl (C=O) groups excluding carboxylic acids is 1. The molecule has 0 aliphatic rings. The minimum Gasteiger partial charge on any atom is -0.385 e. The Morgan fingerprint density at radius 2 is 2.21 bits per heavy atom. The van der Waals surface area contributed by atoms with Crippen molar-refractivity contribution in [1.29, 1.82) is 0 Å². The molecule has 1 heterocycles. The molecule has 2 aromatic rings. The SMILES string of the molecule is O=CC(O)Cc1c[nH]c2ccccc12. The average molecular weight is 189 g/mol. The van der Waals surface area contributed by atoms with Crippen LogP contribution in [-0.2, 0) is 11.2 Å². The Bertz CT molecular complexity index is 447. The van der Waals surface area contributed by atoms with Gasteiger partial charge in [0.2, 0.25) is 0 Å². The fourth-order valence-electron chi connectivity index (χ4n) is 1.57. The Balaban J connectivity index is 2.38. The maximum Gasteiger partial charge on any atom is 0.148 e. The van der Waals surface area contributed by atoms with Crippen molar-refractivity contribution < 1.29 is 9.90 Å². The van der Waals surface area contributed by atoms with E-state index in [0.29, 0.717) is 12.7 Å². The number of hydrogen-bond acceptors (Lipinski definition) is 2. The molecule has 0 aliphatic carbocycles. The van der Waals surface area contributed by atoms with Crippen LogP contribution in [0.2, 0.25) is 0 Å². The minimum atomic E-state index is -0.908. The second kappa shape index (κ2) is 3.64. The van der Waals surface area contributed by atoms with Crippen molar-refractivity contribution in [2.75, 3.05) is 0 Å². The summed E-state index contributed by atoms with van der Waals surface area (Å²) in [5.41, 5.74) is 2.00. The highest BCUT2D eigenvalue weighted by molar-refractivity contribution is 5.83. The van der Waals surface area contributed by atoms with Crippen molar-refractivity contribution in [2.24, 2.45) is 0 Å². The maximum absolute atomic E-state index is 10.3. The molecule has 0 radical (unpaired) electrons. The van der Waals surface area contributed by atoms with E-state index < -0.39 is 6.10 Å². The third kappa shape index (κ3) is 1.54. The number of aliphatic hydroxyl groups excluding tert-OH is 1. The second-order valence-electron chi connectivity index (χ2n) is 3.27. The van der Waals surface area contributed by atoms with Gasteiger partial charge in [-0.25, -0.2) is 0 Å². The molecule has 1 aromatic carbocycles. The fraction of sp³-hybridized carbons (Fsp3) is 0.182. The largest absolute Gasteiger partial charge is 0.385 e. The van der Waals surface area contributed by atoms with E-state index in [2.05, 4.69) is 4.98 Å². The topological polar surface area (TPSA) is 53.1 Å². The molecule has 14 heavy (non-hydrogen) atoms. The number of rotatable bonds is 3. The number of H-pyrrole nitrogens is 1. The second-order valence-corrected chi connectivity index (χ2v) is 3.27. The molecule has 1 atom stereocenters. The van der Waals surface area contributed by atoms with Crippen LogP contribution in [0.25, 0.3) is 10.9 Å². The first kappa shape index (κ1) is 8.97. The summed E-state index contributed by atoms with van der Waals surface area (Å²) >= 11 is 0. The predicted octanol–water partition coefficient (Wildman–Crippen LogP) is 1.27. The Morgan fingerprint density at radius 3 is 3.00 bits per heavy atom. The molecule has 0 amide bonds. The number of benzene rings is 1. The molecule has 0 bridgehead atoms. The van der Waals surface area contributed by atoms with Gasteiger partial charge in [-0.2, -0.15) is 0 Å². The third-order valence-corrected chi connectivity index (χ3v) is 2.26. The molecule has 2 N–H and O–H groups in total. The van der Waals surface area contributed by atoms with Crippen molar-refractivity contribution in [2.45, 2.75) is 12.5 Å². The van der Waals surface area contributed by atoms with Crippen molar-refractivity contribution in [1.82, 2.24) is 4.98 Å². The number of aromatic amines is 1. The van der Waals surface area contributed by atoms with Crippen molar-refractivity contribution in [3.8, 4) is 0 Å². The van der Waals surface area contributed by atoms with E-state index in [0.717, 1.165) is 16.5 Å². The standard InChI is InChI=1S/C11H11NO2/c13-7-9(14)5-8-6-12-11-4-2-1-3-10(8)11/h1-4,6-7,9,12,14H,5H2. The minimum absolute atomic E-state index is 0.369. The monoisotopic (exact) mass is 189 g/mol. The van der Waals surface area contributed by atoms with Gasteiger partial charge in [0.05, 0.1) is 0 Å². The highest BCUT2D eigenvalue weighted by Crippen LogP contribution is 2.18. The number of para-hydroxylation sites is 1. The van der Waals surface area contributed by atoms with E-state index in [-0.39, 0.29) is 0 Å². The molecule has 0 saturated heterocycles. The molecule has 1 unspecified atom stereocenters. The van der Waals surface area contributed by atoms with Gasteiger partial charge in [-0.05, 0) is 11.6 Å². The molecule has 72 valence electrons. The normalized spacial score (nSPS) is 12.9. The number of hydrogen-bond donors (Lipinski definition) is 2. The van der Waals surface area contributed by atoms with Gasteiger partial charge in [0.25, 0.3) is 0 Å². The van der Waals surface area contributed by atoms with Crippen LogP contribution in [0.3, 0.4) is 0 Å². The van der Waals surface area contributed by atoms with Gasteiger partial charge in [0, 0.05) is 23.5 Å². The lowest BCUT2D eigenvalue weighted by Gasteiger charge is -2.00. The molecular weight excluding hydrogens is 178 g/mol. The molecule has 0 saturated carbocycles. The number of aromatic nitrogens is 1. The summed E-state index contributed by atoms with van der Waals surface area (Å²) in [6.07, 6.45) is 1.85. The van der Waals surface area contributed by atoms with Crippen LogP contribution in [0.5, 0.6) is 0 Å². The molecule has 0 aliphatic heterocycles. The zero-order chi connectivity index (χ0) is 9.97. The fourth-order valence-corrected chi connectivity index (χ4v) is 1.57. The van der Waals surface area contributed by atoms with E-state index in [1.54, 1.807) is 0 Å². The van der Waals surface area contributed by atoms with E-state index in [9.17, 15) is 9.90 Å². The highest BCUT2D eigenvalue weighted by Gasteiger charge is 2.07. The van der Waals surface area contributed by atoms with Crippen LogP contribution < -0.4 is 0 Å². The molecular formula is C11H11NO2. The zero-order valence-electron chi connectivity index (χ0n) is 7.60. The van der Waals surface area contributed by atoms with Gasteiger partial charge < -0.3 is 14.9 Å². The summed E-state index contributed by atoms with van der Waals surface area (Å²) in [5.74, 6) is 0. The number of nitrogens with one attached hydrogen (secondary N) is 1. The summed E-state index contributed by atoms with van der Waals surface area (Å²) in [6.45, 7) is 0. The smallest absolute Gasteiger partial charge is 0.148 e. The van der Waals surface area contributed by atoms with E-state index >= 15 is 0 Å². The van der Waals surface area contributed by atoms with E-state index in [1.807, 2.05) is 30.5 Å². The van der Waals surface area contributed by atoms with Gasteiger partial charge >= 0.3 is 0 Å². The van der Waals surface area contributed by atoms with Gasteiger partial charge in [0.1, 0.15) is 12.4 Å². The van der Waals surface area contributed by atoms with E-state index in [1.165, 1.54) is 0 Å². The molecule has 3 nitrogen and oxygen atoms in total. The predicted molar refractivity (Wildman–Crippen MR) is 54.1 cm³/mol. The van der Waals surface area contributed by atoms with Gasteiger partial charge in [-0.3, -0.25) is 0 Å². The van der Waals surface area contributed by atoms with Crippen LogP contribution in [-0.4, -0.2) is 22.5 Å². The number of carbonyl (C=O) groups is 1. The van der Waals surface area contributed by atoms with Crippen LogP contribution in [0.1, 0.15) is 5.56 Å². The van der Waals surface area contributed by atoms with Crippen LogP contribution >= 0.6 is 0 Å². The van der Waals surface area contributed by atoms with Crippen LogP contribution in [0.4, 0.5) is 0 Å². The summed E-state index contributed by atoms with van der Waals surface area (Å²) < 4.78 is 0. The number of aldehydes is 1. The Morgan fingerprint density at radius 1 is 1.43 bits per heavy atom. The average Bonchev–Trinajstić information content (AvgIpc) is 2.62.